The monoisotopic (exact) mass is 335 g/mol. The fourth-order valence-corrected chi connectivity index (χ4v) is 2.88. The maximum atomic E-state index is 11.8. The van der Waals surface area contributed by atoms with Crippen LogP contribution < -0.4 is 14.8 Å². The molecule has 24 heavy (non-hydrogen) atoms. The minimum atomic E-state index is 0.125. The van der Waals surface area contributed by atoms with Crippen LogP contribution in [0.5, 0.6) is 11.5 Å². The van der Waals surface area contributed by atoms with E-state index in [1.807, 2.05) is 18.2 Å². The van der Waals surface area contributed by atoms with E-state index in [1.54, 1.807) is 14.2 Å². The first-order valence-corrected chi connectivity index (χ1v) is 8.58. The second-order valence-electron chi connectivity index (χ2n) is 6.08. The van der Waals surface area contributed by atoms with Gasteiger partial charge in [-0.15, -0.1) is 0 Å². The van der Waals surface area contributed by atoms with Crippen LogP contribution in [-0.2, 0) is 11.3 Å². The van der Waals surface area contributed by atoms with Crippen LogP contribution in [-0.4, -0.2) is 69.2 Å². The maximum absolute atomic E-state index is 11.8. The molecule has 1 N–H and O–H groups in total. The normalized spacial score (nSPS) is 16.0. The molecule has 134 valence electrons. The highest BCUT2D eigenvalue weighted by molar-refractivity contribution is 5.77. The smallest absolute Gasteiger partial charge is 0.234 e. The molecule has 0 unspecified atom stereocenters. The van der Waals surface area contributed by atoms with Crippen molar-refractivity contribution in [1.29, 1.82) is 0 Å². The molecule has 1 aromatic carbocycles. The number of rotatable bonds is 8. The predicted octanol–water partition coefficient (Wildman–Crippen LogP) is 1.35. The number of methoxy groups -OCH3 is 2. The molecule has 0 atom stereocenters. The van der Waals surface area contributed by atoms with Crippen LogP contribution >= 0.6 is 0 Å². The number of piperazine rings is 1. The standard InChI is InChI=1S/C18H29N3O3/c1-4-7-19-18(22)14-21-10-8-20(9-11-21)13-15-12-16(23-2)5-6-17(15)24-3/h5-6,12H,4,7-11,13-14H2,1-3H3,(H,19,22). The van der Waals surface area contributed by atoms with Crippen LogP contribution in [0.25, 0.3) is 0 Å². The van der Waals surface area contributed by atoms with Gasteiger partial charge in [0.25, 0.3) is 0 Å². The number of carbonyl (C=O) groups excluding carboxylic acids is 1. The molecule has 1 fully saturated rings. The van der Waals surface area contributed by atoms with Crippen LogP contribution in [0, 0.1) is 0 Å². The summed E-state index contributed by atoms with van der Waals surface area (Å²) in [4.78, 5) is 16.4. The Kier molecular flexibility index (Phi) is 7.34. The van der Waals surface area contributed by atoms with E-state index >= 15 is 0 Å². The van der Waals surface area contributed by atoms with Crippen LogP contribution in [0.4, 0.5) is 0 Å². The van der Waals surface area contributed by atoms with Gasteiger partial charge in [0, 0.05) is 44.8 Å². The molecular weight excluding hydrogens is 306 g/mol. The van der Waals surface area contributed by atoms with Crippen LogP contribution in [0.1, 0.15) is 18.9 Å². The fourth-order valence-electron chi connectivity index (χ4n) is 2.88. The van der Waals surface area contributed by atoms with Crippen LogP contribution in [0.3, 0.4) is 0 Å². The highest BCUT2D eigenvalue weighted by Gasteiger charge is 2.20. The zero-order chi connectivity index (χ0) is 17.4. The summed E-state index contributed by atoms with van der Waals surface area (Å²) in [6, 6.07) is 5.89. The lowest BCUT2D eigenvalue weighted by atomic mass is 10.1. The average molecular weight is 335 g/mol. The Morgan fingerprint density at radius 3 is 2.46 bits per heavy atom. The van der Waals surface area contributed by atoms with Crippen molar-refractivity contribution in [2.45, 2.75) is 19.9 Å². The topological polar surface area (TPSA) is 54.0 Å². The first-order valence-electron chi connectivity index (χ1n) is 8.58. The van der Waals surface area contributed by atoms with Crippen molar-refractivity contribution >= 4 is 5.91 Å². The second kappa shape index (κ2) is 9.49. The quantitative estimate of drug-likeness (QED) is 0.777. The molecule has 6 nitrogen and oxygen atoms in total. The van der Waals surface area contributed by atoms with Gasteiger partial charge < -0.3 is 14.8 Å². The van der Waals surface area contributed by atoms with E-state index in [0.29, 0.717) is 6.54 Å². The number of carbonyl (C=O) groups is 1. The zero-order valence-electron chi connectivity index (χ0n) is 15.0. The summed E-state index contributed by atoms with van der Waals surface area (Å²) in [7, 11) is 3.37. The first-order chi connectivity index (χ1) is 11.7. The molecule has 6 heteroatoms. The molecule has 1 heterocycles. The van der Waals surface area contributed by atoms with Crippen molar-refractivity contribution in [2.75, 3.05) is 53.5 Å². The Bertz CT molecular complexity index is 528. The molecule has 1 aliphatic rings. The highest BCUT2D eigenvalue weighted by Crippen LogP contribution is 2.25. The molecule has 0 aromatic heterocycles. The lowest BCUT2D eigenvalue weighted by Crippen LogP contribution is -2.49. The molecule has 1 amide bonds. The first kappa shape index (κ1) is 18.5. The molecule has 0 saturated carbocycles. The summed E-state index contributed by atoms with van der Waals surface area (Å²) in [5.41, 5.74) is 1.13. The van der Waals surface area contributed by atoms with Gasteiger partial charge in [0.1, 0.15) is 11.5 Å². The third kappa shape index (κ3) is 5.39. The fraction of sp³-hybridized carbons (Fsp3) is 0.611. The van der Waals surface area contributed by atoms with Crippen molar-refractivity contribution < 1.29 is 14.3 Å². The number of amides is 1. The van der Waals surface area contributed by atoms with Gasteiger partial charge in [0.15, 0.2) is 0 Å². The molecule has 0 spiro atoms. The minimum absolute atomic E-state index is 0.125. The number of nitrogens with one attached hydrogen (secondary N) is 1. The van der Waals surface area contributed by atoms with E-state index in [2.05, 4.69) is 22.0 Å². The van der Waals surface area contributed by atoms with E-state index in [9.17, 15) is 4.79 Å². The van der Waals surface area contributed by atoms with E-state index < -0.39 is 0 Å². The highest BCUT2D eigenvalue weighted by atomic mass is 16.5. The minimum Gasteiger partial charge on any atom is -0.497 e. The number of ether oxygens (including phenoxy) is 2. The van der Waals surface area contributed by atoms with Crippen LogP contribution in [0.15, 0.2) is 18.2 Å². The lowest BCUT2D eigenvalue weighted by Gasteiger charge is -2.34. The third-order valence-electron chi connectivity index (χ3n) is 4.29. The number of benzene rings is 1. The Labute approximate surface area is 144 Å². The molecule has 1 aromatic rings. The Morgan fingerprint density at radius 2 is 1.83 bits per heavy atom. The van der Waals surface area contributed by atoms with Gasteiger partial charge in [-0.25, -0.2) is 0 Å². The molecule has 0 aliphatic carbocycles. The third-order valence-corrected chi connectivity index (χ3v) is 4.29. The van der Waals surface area contributed by atoms with Crippen molar-refractivity contribution in [3.05, 3.63) is 23.8 Å². The summed E-state index contributed by atoms with van der Waals surface area (Å²) >= 11 is 0. The molecule has 0 radical (unpaired) electrons. The van der Waals surface area contributed by atoms with E-state index in [-0.39, 0.29) is 5.91 Å². The van der Waals surface area contributed by atoms with E-state index in [4.69, 9.17) is 9.47 Å². The van der Waals surface area contributed by atoms with Gasteiger partial charge >= 0.3 is 0 Å². The maximum Gasteiger partial charge on any atom is 0.234 e. The lowest BCUT2D eigenvalue weighted by molar-refractivity contribution is -0.122. The summed E-state index contributed by atoms with van der Waals surface area (Å²) in [6.07, 6.45) is 0.974. The number of hydrogen-bond acceptors (Lipinski definition) is 5. The summed E-state index contributed by atoms with van der Waals surface area (Å²) < 4.78 is 10.8. The average Bonchev–Trinajstić information content (AvgIpc) is 2.61. The molecule has 0 bridgehead atoms. The van der Waals surface area contributed by atoms with Gasteiger partial charge in [0.2, 0.25) is 5.91 Å². The van der Waals surface area contributed by atoms with Crippen molar-refractivity contribution in [1.82, 2.24) is 15.1 Å². The Morgan fingerprint density at radius 1 is 1.12 bits per heavy atom. The SMILES string of the molecule is CCCNC(=O)CN1CCN(Cc2cc(OC)ccc2OC)CC1. The molecule has 2 rings (SSSR count). The molecule has 1 aliphatic heterocycles. The van der Waals surface area contributed by atoms with Gasteiger partial charge in [-0.05, 0) is 24.6 Å². The number of hydrogen-bond donors (Lipinski definition) is 1. The van der Waals surface area contributed by atoms with Gasteiger partial charge in [0.05, 0.1) is 20.8 Å². The van der Waals surface area contributed by atoms with Crippen molar-refractivity contribution in [3.63, 3.8) is 0 Å². The van der Waals surface area contributed by atoms with Crippen LogP contribution in [0.2, 0.25) is 0 Å². The Balaban J connectivity index is 1.84. The summed E-state index contributed by atoms with van der Waals surface area (Å²) in [5.74, 6) is 1.86. The zero-order valence-corrected chi connectivity index (χ0v) is 15.0. The van der Waals surface area contributed by atoms with Gasteiger partial charge in [-0.1, -0.05) is 6.92 Å². The molecular formula is C18H29N3O3. The van der Waals surface area contributed by atoms with E-state index in [1.165, 1.54) is 0 Å². The van der Waals surface area contributed by atoms with Crippen molar-refractivity contribution in [2.24, 2.45) is 0 Å². The van der Waals surface area contributed by atoms with Gasteiger partial charge in [-0.3, -0.25) is 14.6 Å². The second-order valence-corrected chi connectivity index (χ2v) is 6.08. The number of nitrogens with zero attached hydrogens (tertiary/aromatic N) is 2. The van der Waals surface area contributed by atoms with E-state index in [0.717, 1.165) is 62.8 Å². The summed E-state index contributed by atoms with van der Waals surface area (Å²) in [5, 5.41) is 2.93. The largest absolute Gasteiger partial charge is 0.497 e. The van der Waals surface area contributed by atoms with Gasteiger partial charge in [-0.2, -0.15) is 0 Å². The van der Waals surface area contributed by atoms with Crippen molar-refractivity contribution in [3.8, 4) is 11.5 Å². The molecule has 1 saturated heterocycles. The Hall–Kier alpha value is -1.79. The summed E-state index contributed by atoms with van der Waals surface area (Å²) in [6.45, 7) is 7.85. The predicted molar refractivity (Wildman–Crippen MR) is 94.6 cm³/mol.